The molecule has 1 N–H and O–H groups in total. The molecule has 0 radical (unpaired) electrons. The van der Waals surface area contributed by atoms with Gasteiger partial charge < -0.3 is 5.11 Å². The Morgan fingerprint density at radius 2 is 1.37 bits per heavy atom. The van der Waals surface area contributed by atoms with E-state index in [1.165, 1.54) is 57.8 Å². The second-order valence-corrected chi connectivity index (χ2v) is 13.6. The topological polar surface area (TPSA) is 20.2 Å². The minimum Gasteiger partial charge on any atom is -0.393 e. The highest BCUT2D eigenvalue weighted by Gasteiger charge is 2.64. The van der Waals surface area contributed by atoms with E-state index in [9.17, 15) is 5.11 Å². The first-order valence-corrected chi connectivity index (χ1v) is 15.3. The van der Waals surface area contributed by atoms with Crippen molar-refractivity contribution in [2.75, 3.05) is 0 Å². The average Bonchev–Trinajstić information content (AvgIpc) is 2.84. The Morgan fingerprint density at radius 1 is 0.771 bits per heavy atom. The van der Waals surface area contributed by atoms with Gasteiger partial charge in [-0.25, -0.2) is 0 Å². The zero-order valence-electron chi connectivity index (χ0n) is 25.2. The van der Waals surface area contributed by atoms with E-state index >= 15 is 0 Å². The van der Waals surface area contributed by atoms with E-state index in [0.717, 1.165) is 30.1 Å². The van der Waals surface area contributed by atoms with Gasteiger partial charge >= 0.3 is 0 Å². The molecule has 9 atom stereocenters. The van der Waals surface area contributed by atoms with Gasteiger partial charge in [0, 0.05) is 0 Å². The van der Waals surface area contributed by atoms with Crippen molar-refractivity contribution in [2.45, 2.75) is 140 Å². The van der Waals surface area contributed by atoms with Crippen molar-refractivity contribution in [3.63, 3.8) is 0 Å². The van der Waals surface area contributed by atoms with Gasteiger partial charge in [0.25, 0.3) is 0 Å². The molecule has 0 aliphatic heterocycles. The van der Waals surface area contributed by atoms with E-state index in [1.54, 1.807) is 0 Å². The van der Waals surface area contributed by atoms with Crippen molar-refractivity contribution >= 4 is 0 Å². The van der Waals surface area contributed by atoms with E-state index in [0.29, 0.717) is 22.2 Å². The zero-order valence-corrected chi connectivity index (χ0v) is 25.2. The monoisotopic (exact) mass is 484 g/mol. The van der Waals surface area contributed by atoms with Crippen molar-refractivity contribution in [2.24, 2.45) is 51.2 Å². The summed E-state index contributed by atoms with van der Waals surface area (Å²) < 4.78 is 0. The fraction of sp³-hybridized carbons (Fsp3) is 0.882. The summed E-state index contributed by atoms with van der Waals surface area (Å²) in [6.07, 6.45) is 24.2. The largest absolute Gasteiger partial charge is 0.393 e. The first kappa shape index (κ1) is 30.5. The minimum atomic E-state index is -0.113. The van der Waals surface area contributed by atoms with Crippen LogP contribution in [0.2, 0.25) is 0 Å². The van der Waals surface area contributed by atoms with Gasteiger partial charge in [-0.3, -0.25) is 0 Å². The van der Waals surface area contributed by atoms with Crippen LogP contribution in [0.15, 0.2) is 11.6 Å². The molecular weight excluding hydrogens is 424 g/mol. The van der Waals surface area contributed by atoms with E-state index in [-0.39, 0.29) is 11.5 Å². The fourth-order valence-corrected chi connectivity index (χ4v) is 10.5. The zero-order chi connectivity index (χ0) is 26.8. The van der Waals surface area contributed by atoms with E-state index in [2.05, 4.69) is 60.5 Å². The molecule has 0 spiro atoms. The molecule has 0 aromatic rings. The van der Waals surface area contributed by atoms with E-state index < -0.39 is 0 Å². The first-order valence-electron chi connectivity index (χ1n) is 15.3. The Kier molecular flexibility index (Phi) is 9.87. The Hall–Kier alpha value is -0.740. The van der Waals surface area contributed by atoms with E-state index in [4.69, 9.17) is 0 Å². The Bertz CT molecular complexity index is 745. The third-order valence-electron chi connectivity index (χ3n) is 12.0. The molecule has 4 unspecified atom stereocenters. The molecule has 0 aromatic heterocycles. The predicted octanol–water partition coefficient (Wildman–Crippen LogP) is 9.69. The van der Waals surface area contributed by atoms with Gasteiger partial charge in [-0.05, 0) is 103 Å². The highest BCUT2D eigenvalue weighted by atomic mass is 16.3. The number of rotatable bonds is 0. The summed E-state index contributed by atoms with van der Waals surface area (Å²) in [7, 11) is 0. The molecule has 5 aliphatic rings. The fourth-order valence-electron chi connectivity index (χ4n) is 10.5. The van der Waals surface area contributed by atoms with Gasteiger partial charge in [-0.1, -0.05) is 93.7 Å². The van der Waals surface area contributed by atoms with Crippen LogP contribution in [-0.2, 0) is 0 Å². The van der Waals surface area contributed by atoms with Gasteiger partial charge in [0.15, 0.2) is 0 Å². The van der Waals surface area contributed by atoms with Crippen LogP contribution >= 0.6 is 0 Å². The number of terminal acetylenes is 1. The van der Waals surface area contributed by atoms with Crippen molar-refractivity contribution in [1.29, 1.82) is 0 Å². The predicted molar refractivity (Wildman–Crippen MR) is 154 cm³/mol. The average molecular weight is 485 g/mol. The lowest BCUT2D eigenvalue weighted by Crippen LogP contribution is -2.61. The molecule has 202 valence electrons. The van der Waals surface area contributed by atoms with Gasteiger partial charge in [-0.15, -0.1) is 12.8 Å². The molecular formula is C34H60O. The molecule has 0 amide bonds. The molecule has 4 saturated carbocycles. The molecule has 5 aliphatic carbocycles. The summed E-state index contributed by atoms with van der Waals surface area (Å²) >= 11 is 0. The number of allylic oxidation sites excluding steroid dienone is 2. The number of hydrogen-bond acceptors (Lipinski definition) is 1. The summed E-state index contributed by atoms with van der Waals surface area (Å²) in [6, 6.07) is 0. The maximum atomic E-state index is 10.8. The Balaban J connectivity index is 0.000000671. The standard InChI is InChI=1S/C28H46O.2C2H6.C2H2/c1-18-8-7-14-26(4)15-11-20-19(24(18)26)9-10-22-27(20,5)16-12-21-25(2,3)23(29)13-17-28(21,22)6;3*1-2/h9,18,20-24,29H,7-8,10-17H2,1-6H3;2*1-2H3;1-2H/t18-,20?,21?,22?,23?,24-,26+,27-,28-;;;/m0.../s1. The van der Waals surface area contributed by atoms with Gasteiger partial charge in [0.1, 0.15) is 0 Å². The van der Waals surface area contributed by atoms with Crippen LogP contribution in [0.4, 0.5) is 0 Å². The second-order valence-electron chi connectivity index (χ2n) is 13.6. The maximum Gasteiger partial charge on any atom is 0.0594 e. The maximum absolute atomic E-state index is 10.8. The smallest absolute Gasteiger partial charge is 0.0594 e. The summed E-state index contributed by atoms with van der Waals surface area (Å²) in [6.45, 7) is 23.2. The molecule has 35 heavy (non-hydrogen) atoms. The van der Waals surface area contributed by atoms with Crippen LogP contribution < -0.4 is 0 Å². The number of hydrogen-bond donors (Lipinski definition) is 1. The third kappa shape index (κ3) is 4.69. The van der Waals surface area contributed by atoms with Gasteiger partial charge in [0.2, 0.25) is 0 Å². The van der Waals surface area contributed by atoms with Crippen LogP contribution in [0.25, 0.3) is 0 Å². The Morgan fingerprint density at radius 3 is 2.00 bits per heavy atom. The van der Waals surface area contributed by atoms with E-state index in [1.807, 2.05) is 33.3 Å². The molecule has 0 heterocycles. The van der Waals surface area contributed by atoms with Crippen LogP contribution in [0.1, 0.15) is 133 Å². The molecule has 1 nitrogen and oxygen atoms in total. The summed E-state index contributed by atoms with van der Waals surface area (Å²) in [5, 5.41) is 10.8. The van der Waals surface area contributed by atoms with Gasteiger partial charge in [0.05, 0.1) is 6.10 Å². The van der Waals surface area contributed by atoms with Crippen molar-refractivity contribution in [3.8, 4) is 12.8 Å². The van der Waals surface area contributed by atoms with Crippen molar-refractivity contribution in [3.05, 3.63) is 11.6 Å². The quantitative estimate of drug-likeness (QED) is 0.268. The molecule has 0 aromatic carbocycles. The first-order chi connectivity index (χ1) is 16.5. The van der Waals surface area contributed by atoms with Crippen molar-refractivity contribution in [1.82, 2.24) is 0 Å². The number of aliphatic hydroxyl groups excluding tert-OH is 1. The molecule has 0 bridgehead atoms. The summed E-state index contributed by atoms with van der Waals surface area (Å²) in [5.74, 6) is 4.03. The van der Waals surface area contributed by atoms with Crippen LogP contribution in [0, 0.1) is 64.1 Å². The number of fused-ring (bicyclic) bond motifs is 7. The highest BCUT2D eigenvalue weighted by Crippen LogP contribution is 2.71. The second kappa shape index (κ2) is 11.3. The van der Waals surface area contributed by atoms with Crippen LogP contribution in [-0.4, -0.2) is 11.2 Å². The lowest BCUT2D eigenvalue weighted by molar-refractivity contribution is -0.185. The normalized spacial score (nSPS) is 47.1. The lowest BCUT2D eigenvalue weighted by atomic mass is 9.37. The summed E-state index contributed by atoms with van der Waals surface area (Å²) in [4.78, 5) is 0. The minimum absolute atomic E-state index is 0.0708. The lowest BCUT2D eigenvalue weighted by Gasteiger charge is -2.68. The number of aliphatic hydroxyl groups is 1. The summed E-state index contributed by atoms with van der Waals surface area (Å²) in [5.41, 5.74) is 3.42. The molecule has 4 fully saturated rings. The van der Waals surface area contributed by atoms with Crippen molar-refractivity contribution < 1.29 is 5.11 Å². The third-order valence-corrected chi connectivity index (χ3v) is 12.0. The molecule has 0 saturated heterocycles. The molecule has 1 heteroatoms. The van der Waals surface area contributed by atoms with Crippen LogP contribution in [0.5, 0.6) is 0 Å². The highest BCUT2D eigenvalue weighted by molar-refractivity contribution is 5.28. The van der Waals surface area contributed by atoms with Crippen LogP contribution in [0.3, 0.4) is 0 Å². The van der Waals surface area contributed by atoms with Gasteiger partial charge in [-0.2, -0.15) is 0 Å². The Labute approximate surface area is 220 Å². The SMILES string of the molecule is C#C.CC.CC.C[C@H]1CCC[C@]2(C)CCC3C(=CCC4[C@@]3(C)CCC3C(C)(C)C(O)CC[C@@]34C)[C@H]12. The molecule has 5 rings (SSSR count).